The van der Waals surface area contributed by atoms with Crippen LogP contribution in [0.4, 0.5) is 0 Å². The minimum absolute atomic E-state index is 0.0122. The highest BCUT2D eigenvalue weighted by molar-refractivity contribution is 5.80. The molecule has 1 fully saturated rings. The number of benzene rings is 1. The maximum Gasteiger partial charge on any atom is 0.251 e. The molecular weight excluding hydrogens is 310 g/mol. The van der Waals surface area contributed by atoms with Crippen molar-refractivity contribution < 1.29 is 4.48 Å². The van der Waals surface area contributed by atoms with E-state index in [4.69, 9.17) is 0 Å². The minimum Gasteiger partial charge on any atom is -0.318 e. The van der Waals surface area contributed by atoms with Crippen molar-refractivity contribution in [2.75, 3.05) is 19.6 Å². The number of aromatic nitrogens is 1. The number of fused-ring (bicyclic) bond motifs is 1. The molecule has 4 heteroatoms. The summed E-state index contributed by atoms with van der Waals surface area (Å²) >= 11 is 0. The second-order valence-corrected chi connectivity index (χ2v) is 8.06. The van der Waals surface area contributed by atoms with E-state index in [1.54, 1.807) is 12.1 Å². The number of piperidine rings is 1. The van der Waals surface area contributed by atoms with Crippen molar-refractivity contribution >= 4 is 10.9 Å². The molecule has 0 bridgehead atoms. The van der Waals surface area contributed by atoms with Crippen LogP contribution in [-0.4, -0.2) is 34.2 Å². The first-order valence-electron chi connectivity index (χ1n) is 9.08. The molecule has 0 N–H and O–H groups in total. The van der Waals surface area contributed by atoms with Crippen LogP contribution in [0.2, 0.25) is 0 Å². The Morgan fingerprint density at radius 3 is 2.48 bits per heavy atom. The fraction of sp³-hybridized carbons (Fsp3) is 0.476. The Morgan fingerprint density at radius 1 is 1.16 bits per heavy atom. The smallest absolute Gasteiger partial charge is 0.251 e. The van der Waals surface area contributed by atoms with Crippen LogP contribution in [0.3, 0.4) is 0 Å². The molecule has 3 rings (SSSR count). The maximum atomic E-state index is 12.5. The SMILES string of the molecule is CC(C)(C)[N+]1(CCn2c(=O)ccc3ccc(C#N)cc32)CC[CH]CC1. The van der Waals surface area contributed by atoms with Crippen molar-refractivity contribution in [1.29, 1.82) is 5.26 Å². The van der Waals surface area contributed by atoms with Crippen molar-refractivity contribution in [3.63, 3.8) is 0 Å². The van der Waals surface area contributed by atoms with E-state index in [9.17, 15) is 10.1 Å². The van der Waals surface area contributed by atoms with E-state index < -0.39 is 0 Å². The van der Waals surface area contributed by atoms with E-state index in [2.05, 4.69) is 33.3 Å². The molecule has 1 aliphatic heterocycles. The Hall–Kier alpha value is -2.12. The van der Waals surface area contributed by atoms with Gasteiger partial charge in [0.25, 0.3) is 5.56 Å². The summed E-state index contributed by atoms with van der Waals surface area (Å²) in [5, 5.41) is 10.2. The van der Waals surface area contributed by atoms with Gasteiger partial charge >= 0.3 is 0 Å². The summed E-state index contributed by atoms with van der Waals surface area (Å²) in [6.07, 6.45) is 4.66. The number of quaternary nitrogens is 1. The number of nitriles is 1. The zero-order valence-electron chi connectivity index (χ0n) is 15.5. The summed E-state index contributed by atoms with van der Waals surface area (Å²) in [7, 11) is 0. The van der Waals surface area contributed by atoms with E-state index >= 15 is 0 Å². The highest BCUT2D eigenvalue weighted by atomic mass is 16.1. The Balaban J connectivity index is 1.98. The Bertz CT molecular complexity index is 861. The average molecular weight is 337 g/mol. The molecule has 0 unspecified atom stereocenters. The van der Waals surface area contributed by atoms with Crippen molar-refractivity contribution in [3.8, 4) is 6.07 Å². The number of likely N-dealkylation sites (tertiary alicyclic amines) is 1. The highest BCUT2D eigenvalue weighted by Crippen LogP contribution is 2.30. The van der Waals surface area contributed by atoms with Crippen molar-refractivity contribution in [1.82, 2.24) is 4.57 Å². The zero-order chi connectivity index (χ0) is 18.1. The molecule has 131 valence electrons. The monoisotopic (exact) mass is 337 g/mol. The molecule has 0 aliphatic carbocycles. The van der Waals surface area contributed by atoms with E-state index in [0.29, 0.717) is 12.1 Å². The quantitative estimate of drug-likeness (QED) is 0.805. The Kier molecular flexibility index (Phi) is 4.71. The number of pyridine rings is 1. The summed E-state index contributed by atoms with van der Waals surface area (Å²) in [5.74, 6) is 0. The van der Waals surface area contributed by atoms with Crippen LogP contribution in [0.1, 0.15) is 39.2 Å². The summed E-state index contributed by atoms with van der Waals surface area (Å²) in [6.45, 7) is 10.8. The fourth-order valence-corrected chi connectivity index (χ4v) is 4.04. The molecule has 1 aliphatic rings. The van der Waals surface area contributed by atoms with Crippen LogP contribution < -0.4 is 5.56 Å². The molecule has 0 atom stereocenters. The third-order valence-corrected chi connectivity index (χ3v) is 5.82. The first-order chi connectivity index (χ1) is 11.9. The zero-order valence-corrected chi connectivity index (χ0v) is 15.5. The first-order valence-corrected chi connectivity index (χ1v) is 9.08. The van der Waals surface area contributed by atoms with Gasteiger partial charge in [0.2, 0.25) is 0 Å². The van der Waals surface area contributed by atoms with Crippen LogP contribution >= 0.6 is 0 Å². The average Bonchev–Trinajstić information content (AvgIpc) is 2.60. The van der Waals surface area contributed by atoms with Crippen molar-refractivity contribution in [2.24, 2.45) is 0 Å². The molecule has 1 radical (unpaired) electrons. The standard InChI is InChI=1S/C21H27N3O/c1-21(2,3)24(12-5-4-6-13-24)14-11-23-19-15-17(16-22)7-8-18(19)9-10-20(23)25/h4,7-10,15H,5-6,11-14H2,1-3H3/q+1. The van der Waals surface area contributed by atoms with Gasteiger partial charge < -0.3 is 9.05 Å². The molecule has 0 amide bonds. The summed E-state index contributed by atoms with van der Waals surface area (Å²) in [5.41, 5.74) is 1.62. The maximum absolute atomic E-state index is 12.5. The van der Waals surface area contributed by atoms with E-state index in [-0.39, 0.29) is 11.1 Å². The normalized spacial score (nSPS) is 17.4. The van der Waals surface area contributed by atoms with Crippen LogP contribution in [0, 0.1) is 17.8 Å². The molecule has 1 aromatic heterocycles. The molecule has 0 spiro atoms. The lowest BCUT2D eigenvalue weighted by Crippen LogP contribution is -2.63. The second kappa shape index (κ2) is 6.65. The number of rotatable bonds is 3. The van der Waals surface area contributed by atoms with Crippen LogP contribution in [0.5, 0.6) is 0 Å². The lowest BCUT2D eigenvalue weighted by Gasteiger charge is -2.51. The van der Waals surface area contributed by atoms with Gasteiger partial charge in [0.05, 0.1) is 48.9 Å². The third kappa shape index (κ3) is 3.34. The Morgan fingerprint density at radius 2 is 1.84 bits per heavy atom. The number of hydrogen-bond acceptors (Lipinski definition) is 2. The van der Waals surface area contributed by atoms with Gasteiger partial charge in [-0.1, -0.05) is 6.07 Å². The lowest BCUT2D eigenvalue weighted by molar-refractivity contribution is -0.973. The topological polar surface area (TPSA) is 45.8 Å². The van der Waals surface area contributed by atoms with Crippen LogP contribution in [-0.2, 0) is 6.54 Å². The van der Waals surface area contributed by atoms with Gasteiger partial charge in [-0.25, -0.2) is 0 Å². The molecule has 1 aromatic carbocycles. The van der Waals surface area contributed by atoms with Gasteiger partial charge in [-0.3, -0.25) is 4.79 Å². The number of nitrogens with zero attached hydrogens (tertiary/aromatic N) is 3. The molecule has 25 heavy (non-hydrogen) atoms. The van der Waals surface area contributed by atoms with Gasteiger partial charge in [-0.15, -0.1) is 0 Å². The van der Waals surface area contributed by atoms with Gasteiger partial charge in [-0.2, -0.15) is 5.26 Å². The van der Waals surface area contributed by atoms with E-state index in [0.717, 1.165) is 47.9 Å². The van der Waals surface area contributed by atoms with Gasteiger partial charge in [0.1, 0.15) is 0 Å². The molecule has 2 heterocycles. The fourth-order valence-electron chi connectivity index (χ4n) is 4.04. The van der Waals surface area contributed by atoms with Gasteiger partial charge in [0, 0.05) is 6.07 Å². The van der Waals surface area contributed by atoms with E-state index in [1.165, 1.54) is 0 Å². The predicted molar refractivity (Wildman–Crippen MR) is 101 cm³/mol. The molecule has 1 saturated heterocycles. The molecule has 0 saturated carbocycles. The van der Waals surface area contributed by atoms with Gasteiger partial charge in [-0.05, 0) is 63.6 Å². The molecule has 4 nitrogen and oxygen atoms in total. The summed E-state index contributed by atoms with van der Waals surface area (Å²) in [4.78, 5) is 12.5. The van der Waals surface area contributed by atoms with Crippen LogP contribution in [0.15, 0.2) is 35.1 Å². The van der Waals surface area contributed by atoms with Crippen molar-refractivity contribution in [3.05, 3.63) is 52.7 Å². The van der Waals surface area contributed by atoms with Gasteiger partial charge in [0.15, 0.2) is 0 Å². The van der Waals surface area contributed by atoms with Crippen molar-refractivity contribution in [2.45, 2.75) is 45.7 Å². The second-order valence-electron chi connectivity index (χ2n) is 8.06. The van der Waals surface area contributed by atoms with Crippen LogP contribution in [0.25, 0.3) is 10.9 Å². The largest absolute Gasteiger partial charge is 0.318 e. The summed E-state index contributed by atoms with van der Waals surface area (Å²) < 4.78 is 2.88. The number of hydrogen-bond donors (Lipinski definition) is 0. The minimum atomic E-state index is 0.0122. The van der Waals surface area contributed by atoms with E-state index in [1.807, 2.05) is 22.8 Å². The predicted octanol–water partition coefficient (Wildman–Crippen LogP) is 3.49. The lowest BCUT2D eigenvalue weighted by atomic mass is 9.95. The molecule has 2 aromatic rings. The summed E-state index contributed by atoms with van der Waals surface area (Å²) in [6, 6.07) is 11.2. The highest BCUT2D eigenvalue weighted by Gasteiger charge is 2.40. The first kappa shape index (κ1) is 17.7. The molecular formula is C21H27N3O+. The third-order valence-electron chi connectivity index (χ3n) is 5.82. The Labute approximate surface area is 149 Å².